The molecule has 132 valence electrons. The highest BCUT2D eigenvalue weighted by molar-refractivity contribution is 5.76. The van der Waals surface area contributed by atoms with Crippen LogP contribution in [-0.4, -0.2) is 34.0 Å². The Morgan fingerprint density at radius 3 is 2.79 bits per heavy atom. The number of hydrogen-bond donors (Lipinski definition) is 0. The van der Waals surface area contributed by atoms with Crippen LogP contribution >= 0.6 is 0 Å². The van der Waals surface area contributed by atoms with Crippen LogP contribution in [0.5, 0.6) is 0 Å². The van der Waals surface area contributed by atoms with Crippen LogP contribution in [0, 0.1) is 5.92 Å². The van der Waals surface area contributed by atoms with Gasteiger partial charge in [0.2, 0.25) is 11.8 Å². The predicted molar refractivity (Wildman–Crippen MR) is 90.6 cm³/mol. The number of aromatic nitrogens is 2. The van der Waals surface area contributed by atoms with Crippen LogP contribution < -0.4 is 0 Å². The highest BCUT2D eigenvalue weighted by Gasteiger charge is 2.40. The van der Waals surface area contributed by atoms with E-state index < -0.39 is 0 Å². The van der Waals surface area contributed by atoms with E-state index in [0.29, 0.717) is 18.2 Å². The van der Waals surface area contributed by atoms with E-state index in [9.17, 15) is 4.79 Å². The minimum absolute atomic E-state index is 0.179. The first-order valence-electron chi connectivity index (χ1n) is 9.76. The lowest BCUT2D eigenvalue weighted by atomic mass is 9.81. The molecule has 2 heterocycles. The summed E-state index contributed by atoms with van der Waals surface area (Å²) in [5, 5.41) is 4.17. The van der Waals surface area contributed by atoms with Crippen molar-refractivity contribution < 1.29 is 9.32 Å². The molecule has 1 aromatic heterocycles. The Balaban J connectivity index is 1.37. The van der Waals surface area contributed by atoms with Gasteiger partial charge in [-0.1, -0.05) is 30.8 Å². The van der Waals surface area contributed by atoms with Gasteiger partial charge in [0.05, 0.1) is 5.41 Å². The molecule has 24 heavy (non-hydrogen) atoms. The zero-order chi connectivity index (χ0) is 16.6. The molecular weight excluding hydrogens is 302 g/mol. The first kappa shape index (κ1) is 16.1. The molecule has 0 N–H and O–H groups in total. The Labute approximate surface area is 144 Å². The minimum Gasteiger partial charge on any atom is -0.342 e. The Morgan fingerprint density at radius 1 is 1.25 bits per heavy atom. The lowest BCUT2D eigenvalue weighted by molar-refractivity contribution is -0.133. The second-order valence-corrected chi connectivity index (χ2v) is 8.40. The predicted octanol–water partition coefficient (Wildman–Crippen LogP) is 3.80. The number of rotatable bonds is 5. The van der Waals surface area contributed by atoms with Crippen molar-refractivity contribution in [3.05, 3.63) is 11.7 Å². The highest BCUT2D eigenvalue weighted by atomic mass is 16.5. The van der Waals surface area contributed by atoms with E-state index in [1.807, 2.05) is 4.90 Å². The van der Waals surface area contributed by atoms with E-state index in [4.69, 9.17) is 4.52 Å². The smallest absolute Gasteiger partial charge is 0.234 e. The molecule has 4 rings (SSSR count). The number of carbonyl (C=O) groups is 1. The maximum absolute atomic E-state index is 12.7. The average Bonchev–Trinajstić information content (AvgIpc) is 3.10. The van der Waals surface area contributed by atoms with Crippen molar-refractivity contribution in [2.24, 2.45) is 5.92 Å². The van der Waals surface area contributed by atoms with Gasteiger partial charge in [-0.15, -0.1) is 0 Å². The van der Waals surface area contributed by atoms with Crippen LogP contribution in [-0.2, 0) is 10.2 Å². The van der Waals surface area contributed by atoms with E-state index >= 15 is 0 Å². The largest absolute Gasteiger partial charge is 0.342 e. The molecule has 1 aromatic rings. The van der Waals surface area contributed by atoms with Crippen molar-refractivity contribution in [1.29, 1.82) is 0 Å². The van der Waals surface area contributed by atoms with Crippen LogP contribution in [0.3, 0.4) is 0 Å². The third-order valence-corrected chi connectivity index (χ3v) is 6.19. The van der Waals surface area contributed by atoms with E-state index in [-0.39, 0.29) is 5.41 Å². The Kier molecular flexibility index (Phi) is 4.35. The number of nitrogens with zero attached hydrogens (tertiary/aromatic N) is 3. The SMILES string of the molecule is CC1(c2nc(C3CC3)no2)CCCN(C(=O)CCC2CCCC2)C1. The molecule has 2 aliphatic carbocycles. The fourth-order valence-corrected chi connectivity index (χ4v) is 4.40. The Bertz CT molecular complexity index is 589. The van der Waals surface area contributed by atoms with E-state index in [1.165, 1.54) is 38.5 Å². The Morgan fingerprint density at radius 2 is 2.04 bits per heavy atom. The summed E-state index contributed by atoms with van der Waals surface area (Å²) in [5.74, 6) is 3.21. The third kappa shape index (κ3) is 3.35. The summed E-state index contributed by atoms with van der Waals surface area (Å²) in [6.45, 7) is 3.78. The summed E-state index contributed by atoms with van der Waals surface area (Å²) < 4.78 is 5.58. The van der Waals surface area contributed by atoms with Gasteiger partial charge >= 0.3 is 0 Å². The highest BCUT2D eigenvalue weighted by Crippen LogP contribution is 2.40. The van der Waals surface area contributed by atoms with Crippen LogP contribution in [0.1, 0.15) is 88.8 Å². The molecule has 0 radical (unpaired) electrons. The van der Waals surface area contributed by atoms with E-state index in [1.54, 1.807) is 0 Å². The van der Waals surface area contributed by atoms with Crippen molar-refractivity contribution in [2.45, 2.75) is 82.5 Å². The molecule has 1 amide bonds. The number of hydrogen-bond acceptors (Lipinski definition) is 4. The maximum atomic E-state index is 12.7. The number of likely N-dealkylation sites (tertiary alicyclic amines) is 1. The fourth-order valence-electron chi connectivity index (χ4n) is 4.40. The van der Waals surface area contributed by atoms with Gasteiger partial charge in [0.15, 0.2) is 5.82 Å². The lowest BCUT2D eigenvalue weighted by Crippen LogP contribution is -2.47. The van der Waals surface area contributed by atoms with Crippen molar-refractivity contribution >= 4 is 5.91 Å². The van der Waals surface area contributed by atoms with Gasteiger partial charge in [0.25, 0.3) is 0 Å². The van der Waals surface area contributed by atoms with E-state index in [0.717, 1.165) is 50.0 Å². The fraction of sp³-hybridized carbons (Fsp3) is 0.842. The molecule has 1 unspecified atom stereocenters. The van der Waals surface area contributed by atoms with Crippen molar-refractivity contribution in [3.8, 4) is 0 Å². The normalized spacial score (nSPS) is 28.5. The molecular formula is C19H29N3O2. The third-order valence-electron chi connectivity index (χ3n) is 6.19. The maximum Gasteiger partial charge on any atom is 0.234 e. The van der Waals surface area contributed by atoms with Crippen molar-refractivity contribution in [1.82, 2.24) is 15.0 Å². The van der Waals surface area contributed by atoms with Crippen molar-refractivity contribution in [2.75, 3.05) is 13.1 Å². The standard InChI is InChI=1S/C19H29N3O2/c1-19(18-20-17(21-24-18)15-8-9-15)11-4-12-22(13-19)16(23)10-7-14-5-2-3-6-14/h14-15H,2-13H2,1H3. The van der Waals surface area contributed by atoms with Crippen LogP contribution in [0.4, 0.5) is 0 Å². The molecule has 1 aliphatic heterocycles. The summed E-state index contributed by atoms with van der Waals surface area (Å²) in [4.78, 5) is 19.4. The first-order chi connectivity index (χ1) is 11.6. The van der Waals surface area contributed by atoms with Gasteiger partial charge in [-0.2, -0.15) is 4.98 Å². The first-order valence-corrected chi connectivity index (χ1v) is 9.76. The molecule has 5 heteroatoms. The molecule has 1 atom stereocenters. The molecule has 2 saturated carbocycles. The number of amides is 1. The zero-order valence-electron chi connectivity index (χ0n) is 14.8. The van der Waals surface area contributed by atoms with Gasteiger partial charge in [0, 0.05) is 25.4 Å². The van der Waals surface area contributed by atoms with Crippen LogP contribution in [0.25, 0.3) is 0 Å². The summed E-state index contributed by atoms with van der Waals surface area (Å²) in [6.07, 6.45) is 11.5. The summed E-state index contributed by atoms with van der Waals surface area (Å²) in [5.41, 5.74) is -0.179. The van der Waals surface area contributed by atoms with Crippen LogP contribution in [0.2, 0.25) is 0 Å². The topological polar surface area (TPSA) is 59.2 Å². The molecule has 3 fully saturated rings. The monoisotopic (exact) mass is 331 g/mol. The number of piperidine rings is 1. The Hall–Kier alpha value is -1.39. The molecule has 5 nitrogen and oxygen atoms in total. The van der Waals surface area contributed by atoms with Gasteiger partial charge in [0.1, 0.15) is 0 Å². The molecule has 3 aliphatic rings. The number of carbonyl (C=O) groups excluding carboxylic acids is 1. The average molecular weight is 331 g/mol. The van der Waals surface area contributed by atoms with Gasteiger partial charge < -0.3 is 9.42 Å². The van der Waals surface area contributed by atoms with E-state index in [2.05, 4.69) is 17.1 Å². The zero-order valence-corrected chi connectivity index (χ0v) is 14.8. The van der Waals surface area contributed by atoms with Gasteiger partial charge in [-0.3, -0.25) is 4.79 Å². The lowest BCUT2D eigenvalue weighted by Gasteiger charge is -2.38. The van der Waals surface area contributed by atoms with Crippen molar-refractivity contribution in [3.63, 3.8) is 0 Å². The van der Waals surface area contributed by atoms with Gasteiger partial charge in [-0.25, -0.2) is 0 Å². The quantitative estimate of drug-likeness (QED) is 0.823. The molecule has 0 spiro atoms. The summed E-state index contributed by atoms with van der Waals surface area (Å²) >= 11 is 0. The van der Waals surface area contributed by atoms with Gasteiger partial charge in [-0.05, 0) is 44.9 Å². The minimum atomic E-state index is -0.179. The summed E-state index contributed by atoms with van der Waals surface area (Å²) in [7, 11) is 0. The second kappa shape index (κ2) is 6.49. The second-order valence-electron chi connectivity index (χ2n) is 8.40. The summed E-state index contributed by atoms with van der Waals surface area (Å²) in [6, 6.07) is 0. The van der Waals surface area contributed by atoms with Crippen LogP contribution in [0.15, 0.2) is 4.52 Å². The molecule has 1 saturated heterocycles. The molecule has 0 aromatic carbocycles. The molecule has 0 bridgehead atoms.